The van der Waals surface area contributed by atoms with Crippen molar-refractivity contribution in [1.29, 1.82) is 0 Å². The van der Waals surface area contributed by atoms with Gasteiger partial charge in [0.05, 0.1) is 4.47 Å². The first-order valence-corrected chi connectivity index (χ1v) is 7.14. The molecule has 4 heteroatoms. The zero-order chi connectivity index (χ0) is 13.8. The minimum atomic E-state index is -0.248. The fourth-order valence-electron chi connectivity index (χ4n) is 2.03. The molecule has 2 rings (SSSR count). The molecular weight excluding hydrogens is 329 g/mol. The van der Waals surface area contributed by atoms with Gasteiger partial charge in [-0.15, -0.1) is 0 Å². The van der Waals surface area contributed by atoms with E-state index in [1.165, 1.54) is 6.07 Å². The molecule has 0 saturated carbocycles. The highest BCUT2D eigenvalue weighted by molar-refractivity contribution is 9.10. The number of benzene rings is 2. The van der Waals surface area contributed by atoms with Crippen LogP contribution in [0.4, 0.5) is 4.39 Å². The van der Waals surface area contributed by atoms with Crippen LogP contribution in [0.1, 0.15) is 17.2 Å². The third-order valence-corrected chi connectivity index (χ3v) is 4.00. The SMILES string of the molecule is CNC(Cc1ccc(F)c(Br)c1)c1ccccc1Cl. The van der Waals surface area contributed by atoms with Crippen molar-refractivity contribution in [3.8, 4) is 0 Å². The lowest BCUT2D eigenvalue weighted by Gasteiger charge is -2.18. The van der Waals surface area contributed by atoms with Gasteiger partial charge in [0.25, 0.3) is 0 Å². The maximum absolute atomic E-state index is 13.2. The van der Waals surface area contributed by atoms with E-state index in [0.717, 1.165) is 22.6 Å². The highest BCUT2D eigenvalue weighted by Crippen LogP contribution is 2.26. The molecule has 0 fully saturated rings. The molecule has 0 bridgehead atoms. The van der Waals surface area contributed by atoms with Gasteiger partial charge in [0.1, 0.15) is 5.82 Å². The Kier molecular flexibility index (Phi) is 4.97. The Balaban J connectivity index is 2.24. The van der Waals surface area contributed by atoms with E-state index >= 15 is 0 Å². The summed E-state index contributed by atoms with van der Waals surface area (Å²) < 4.78 is 13.7. The Labute approximate surface area is 125 Å². The topological polar surface area (TPSA) is 12.0 Å². The average molecular weight is 343 g/mol. The third-order valence-electron chi connectivity index (χ3n) is 3.05. The van der Waals surface area contributed by atoms with E-state index in [9.17, 15) is 4.39 Å². The van der Waals surface area contributed by atoms with Crippen LogP contribution in [0.15, 0.2) is 46.9 Å². The maximum atomic E-state index is 13.2. The predicted octanol–water partition coefficient (Wildman–Crippen LogP) is 4.74. The molecule has 0 heterocycles. The fraction of sp³-hybridized carbons (Fsp3) is 0.200. The van der Waals surface area contributed by atoms with Crippen LogP contribution in [0.5, 0.6) is 0 Å². The van der Waals surface area contributed by atoms with Crippen molar-refractivity contribution in [2.75, 3.05) is 7.05 Å². The van der Waals surface area contributed by atoms with Crippen LogP contribution < -0.4 is 5.32 Å². The van der Waals surface area contributed by atoms with Gasteiger partial charge in [-0.05, 0) is 58.7 Å². The predicted molar refractivity (Wildman–Crippen MR) is 81.1 cm³/mol. The molecule has 19 heavy (non-hydrogen) atoms. The van der Waals surface area contributed by atoms with Gasteiger partial charge in [-0.2, -0.15) is 0 Å². The van der Waals surface area contributed by atoms with E-state index in [0.29, 0.717) is 4.47 Å². The standard InChI is InChI=1S/C15H14BrClFN/c1-19-15(11-4-2-3-5-13(11)17)9-10-6-7-14(18)12(16)8-10/h2-8,15,19H,9H2,1H3. The summed E-state index contributed by atoms with van der Waals surface area (Å²) in [5.74, 6) is -0.248. The van der Waals surface area contributed by atoms with Crippen molar-refractivity contribution in [3.63, 3.8) is 0 Å². The molecule has 0 saturated heterocycles. The number of hydrogen-bond donors (Lipinski definition) is 1. The highest BCUT2D eigenvalue weighted by Gasteiger charge is 2.13. The van der Waals surface area contributed by atoms with E-state index in [2.05, 4.69) is 21.2 Å². The third kappa shape index (κ3) is 3.56. The van der Waals surface area contributed by atoms with Gasteiger partial charge in [0.15, 0.2) is 0 Å². The first-order valence-electron chi connectivity index (χ1n) is 5.97. The monoisotopic (exact) mass is 341 g/mol. The Bertz CT molecular complexity index is 574. The lowest BCUT2D eigenvalue weighted by molar-refractivity contribution is 0.588. The smallest absolute Gasteiger partial charge is 0.137 e. The van der Waals surface area contributed by atoms with Crippen molar-refractivity contribution in [1.82, 2.24) is 5.32 Å². The Morgan fingerprint density at radius 1 is 1.26 bits per heavy atom. The number of likely N-dealkylation sites (N-methyl/N-ethyl adjacent to an activating group) is 1. The van der Waals surface area contributed by atoms with Crippen LogP contribution in [-0.4, -0.2) is 7.05 Å². The first kappa shape index (κ1) is 14.5. The van der Waals surface area contributed by atoms with Crippen LogP contribution in [0.25, 0.3) is 0 Å². The molecular formula is C15H14BrClFN. The maximum Gasteiger partial charge on any atom is 0.137 e. The van der Waals surface area contributed by atoms with E-state index in [1.54, 1.807) is 12.1 Å². The number of nitrogens with one attached hydrogen (secondary N) is 1. The van der Waals surface area contributed by atoms with E-state index in [1.807, 2.05) is 31.3 Å². The minimum absolute atomic E-state index is 0.103. The molecule has 100 valence electrons. The molecule has 2 aromatic carbocycles. The quantitative estimate of drug-likeness (QED) is 0.846. The molecule has 0 radical (unpaired) electrons. The Morgan fingerprint density at radius 2 is 2.00 bits per heavy atom. The number of hydrogen-bond acceptors (Lipinski definition) is 1. The molecule has 0 aromatic heterocycles. The first-order chi connectivity index (χ1) is 9.11. The van der Waals surface area contributed by atoms with Crippen LogP contribution in [0.2, 0.25) is 5.02 Å². The molecule has 1 N–H and O–H groups in total. The van der Waals surface area contributed by atoms with Gasteiger partial charge in [0, 0.05) is 11.1 Å². The highest BCUT2D eigenvalue weighted by atomic mass is 79.9. The van der Waals surface area contributed by atoms with Crippen LogP contribution >= 0.6 is 27.5 Å². The Hall–Kier alpha value is -0.900. The lowest BCUT2D eigenvalue weighted by Crippen LogP contribution is -2.19. The summed E-state index contributed by atoms with van der Waals surface area (Å²) in [6, 6.07) is 12.9. The summed E-state index contributed by atoms with van der Waals surface area (Å²) in [7, 11) is 1.90. The molecule has 0 aliphatic rings. The summed E-state index contributed by atoms with van der Waals surface area (Å²) in [6.45, 7) is 0. The van der Waals surface area contributed by atoms with Gasteiger partial charge < -0.3 is 5.32 Å². The summed E-state index contributed by atoms with van der Waals surface area (Å²) in [5, 5.41) is 3.99. The van der Waals surface area contributed by atoms with Crippen LogP contribution in [0.3, 0.4) is 0 Å². The molecule has 1 atom stereocenters. The lowest BCUT2D eigenvalue weighted by atomic mass is 9.99. The van der Waals surface area contributed by atoms with Gasteiger partial charge >= 0.3 is 0 Å². The summed E-state index contributed by atoms with van der Waals surface area (Å²) >= 11 is 9.42. The van der Waals surface area contributed by atoms with Crippen molar-refractivity contribution < 1.29 is 4.39 Å². The molecule has 2 aromatic rings. The van der Waals surface area contributed by atoms with Crippen molar-refractivity contribution in [2.24, 2.45) is 0 Å². The summed E-state index contributed by atoms with van der Waals surface area (Å²) in [5.41, 5.74) is 2.10. The van der Waals surface area contributed by atoms with E-state index in [-0.39, 0.29) is 11.9 Å². The molecule has 0 aliphatic heterocycles. The number of rotatable bonds is 4. The molecule has 0 amide bonds. The van der Waals surface area contributed by atoms with Crippen molar-refractivity contribution in [3.05, 3.63) is 68.9 Å². The second kappa shape index (κ2) is 6.51. The largest absolute Gasteiger partial charge is 0.313 e. The van der Waals surface area contributed by atoms with Gasteiger partial charge in [0.2, 0.25) is 0 Å². The van der Waals surface area contributed by atoms with Crippen LogP contribution in [0, 0.1) is 5.82 Å². The fourth-order valence-corrected chi connectivity index (χ4v) is 2.72. The van der Waals surface area contributed by atoms with E-state index in [4.69, 9.17) is 11.6 Å². The molecule has 0 aliphatic carbocycles. The Morgan fingerprint density at radius 3 is 2.63 bits per heavy atom. The van der Waals surface area contributed by atoms with Gasteiger partial charge in [-0.25, -0.2) is 4.39 Å². The zero-order valence-electron chi connectivity index (χ0n) is 10.5. The summed E-state index contributed by atoms with van der Waals surface area (Å²) in [6.07, 6.45) is 0.749. The number of halogens is 3. The van der Waals surface area contributed by atoms with Crippen LogP contribution in [-0.2, 0) is 6.42 Å². The summed E-state index contributed by atoms with van der Waals surface area (Å²) in [4.78, 5) is 0. The van der Waals surface area contributed by atoms with Crippen molar-refractivity contribution in [2.45, 2.75) is 12.5 Å². The van der Waals surface area contributed by atoms with E-state index < -0.39 is 0 Å². The van der Waals surface area contributed by atoms with Crippen molar-refractivity contribution >= 4 is 27.5 Å². The molecule has 1 nitrogen and oxygen atoms in total. The average Bonchev–Trinajstić information content (AvgIpc) is 2.41. The minimum Gasteiger partial charge on any atom is -0.313 e. The second-order valence-electron chi connectivity index (χ2n) is 4.32. The zero-order valence-corrected chi connectivity index (χ0v) is 12.8. The second-order valence-corrected chi connectivity index (χ2v) is 5.58. The molecule has 1 unspecified atom stereocenters. The molecule has 0 spiro atoms. The van der Waals surface area contributed by atoms with Gasteiger partial charge in [-0.1, -0.05) is 35.9 Å². The normalized spacial score (nSPS) is 12.4. The van der Waals surface area contributed by atoms with Gasteiger partial charge in [-0.3, -0.25) is 0 Å².